The monoisotopic (exact) mass is 203 g/mol. The van der Waals surface area contributed by atoms with E-state index in [2.05, 4.69) is 10.2 Å². The second-order valence-electron chi connectivity index (χ2n) is 2.25. The van der Waals surface area contributed by atoms with Gasteiger partial charge in [0.2, 0.25) is 5.91 Å². The minimum absolute atomic E-state index is 0.239. The number of hydrogen-bond donors (Lipinski definition) is 1. The minimum atomic E-state index is -0.326. The molecule has 1 aromatic heterocycles. The van der Waals surface area contributed by atoms with E-state index in [0.29, 0.717) is 0 Å². The highest BCUT2D eigenvalue weighted by atomic mass is 32.2. The molecule has 0 aromatic carbocycles. The summed E-state index contributed by atoms with van der Waals surface area (Å²) < 4.78 is 0.791. The molecule has 2 N–H and O–H groups in total. The molecule has 4 nitrogen and oxygen atoms in total. The summed E-state index contributed by atoms with van der Waals surface area (Å²) in [6.07, 6.45) is 0. The van der Waals surface area contributed by atoms with Crippen LogP contribution in [0, 0.1) is 6.92 Å². The van der Waals surface area contributed by atoms with Crippen molar-refractivity contribution < 1.29 is 4.79 Å². The van der Waals surface area contributed by atoms with Crippen LogP contribution in [0.15, 0.2) is 4.34 Å². The van der Waals surface area contributed by atoms with Crippen LogP contribution < -0.4 is 5.73 Å². The van der Waals surface area contributed by atoms with Gasteiger partial charge in [-0.15, -0.1) is 10.2 Å². The number of aromatic nitrogens is 2. The van der Waals surface area contributed by atoms with Crippen molar-refractivity contribution in [2.45, 2.75) is 23.4 Å². The van der Waals surface area contributed by atoms with Gasteiger partial charge in [0.05, 0.1) is 5.25 Å². The predicted molar refractivity (Wildman–Crippen MR) is 49.2 cm³/mol. The summed E-state index contributed by atoms with van der Waals surface area (Å²) in [6, 6.07) is 0. The summed E-state index contributed by atoms with van der Waals surface area (Å²) in [6.45, 7) is 3.63. The van der Waals surface area contributed by atoms with Gasteiger partial charge in [-0.25, -0.2) is 0 Å². The van der Waals surface area contributed by atoms with E-state index in [1.54, 1.807) is 6.92 Å². The highest BCUT2D eigenvalue weighted by Gasteiger charge is 2.12. The van der Waals surface area contributed by atoms with Gasteiger partial charge in [0.1, 0.15) is 5.01 Å². The van der Waals surface area contributed by atoms with E-state index in [4.69, 9.17) is 5.73 Å². The van der Waals surface area contributed by atoms with Crippen molar-refractivity contribution in [2.24, 2.45) is 5.73 Å². The number of primary amides is 1. The number of thioether (sulfide) groups is 1. The van der Waals surface area contributed by atoms with E-state index >= 15 is 0 Å². The number of carbonyl (C=O) groups excluding carboxylic acids is 1. The van der Waals surface area contributed by atoms with Crippen LogP contribution in [0.25, 0.3) is 0 Å². The predicted octanol–water partition coefficient (Wildman–Crippen LogP) is 0.812. The first-order chi connectivity index (χ1) is 5.59. The van der Waals surface area contributed by atoms with E-state index < -0.39 is 0 Å². The molecule has 1 amide bonds. The molecule has 0 aliphatic rings. The van der Waals surface area contributed by atoms with Crippen molar-refractivity contribution in [3.05, 3.63) is 5.01 Å². The number of carbonyl (C=O) groups is 1. The molecular weight excluding hydrogens is 194 g/mol. The topological polar surface area (TPSA) is 68.9 Å². The second-order valence-corrected chi connectivity index (χ2v) is 5.02. The number of rotatable bonds is 3. The Morgan fingerprint density at radius 2 is 2.33 bits per heavy atom. The van der Waals surface area contributed by atoms with Gasteiger partial charge in [-0.1, -0.05) is 23.1 Å². The lowest BCUT2D eigenvalue weighted by molar-refractivity contribution is -0.117. The molecule has 0 aliphatic heterocycles. The maximum Gasteiger partial charge on any atom is 0.230 e. The molecule has 0 aliphatic carbocycles. The first kappa shape index (κ1) is 9.47. The van der Waals surface area contributed by atoms with E-state index in [0.717, 1.165) is 9.35 Å². The van der Waals surface area contributed by atoms with Crippen LogP contribution in [0.4, 0.5) is 0 Å². The van der Waals surface area contributed by atoms with Crippen LogP contribution in [0.3, 0.4) is 0 Å². The van der Waals surface area contributed by atoms with Gasteiger partial charge in [0.15, 0.2) is 4.34 Å². The average Bonchev–Trinajstić information content (AvgIpc) is 2.35. The minimum Gasteiger partial charge on any atom is -0.369 e. The first-order valence-corrected chi connectivity index (χ1v) is 5.05. The molecule has 1 heterocycles. The molecule has 66 valence electrons. The van der Waals surface area contributed by atoms with Crippen molar-refractivity contribution in [2.75, 3.05) is 0 Å². The lowest BCUT2D eigenvalue weighted by atomic mass is 10.5. The van der Waals surface area contributed by atoms with Gasteiger partial charge < -0.3 is 5.73 Å². The fourth-order valence-electron chi connectivity index (χ4n) is 0.535. The molecule has 0 fully saturated rings. The van der Waals surface area contributed by atoms with E-state index in [1.165, 1.54) is 23.1 Å². The highest BCUT2D eigenvalue weighted by molar-refractivity contribution is 8.02. The van der Waals surface area contributed by atoms with Crippen molar-refractivity contribution in [3.63, 3.8) is 0 Å². The fraction of sp³-hybridized carbons (Fsp3) is 0.500. The quantitative estimate of drug-likeness (QED) is 0.738. The zero-order valence-corrected chi connectivity index (χ0v) is 8.41. The van der Waals surface area contributed by atoms with Gasteiger partial charge in [0, 0.05) is 0 Å². The second kappa shape index (κ2) is 3.86. The standard InChI is InChI=1S/C6H9N3OS2/c1-3(5(7)10)11-6-9-8-4(2)12-6/h3H,1-2H3,(H2,7,10)/t3-/m0/s1. The van der Waals surface area contributed by atoms with E-state index in [1.807, 2.05) is 6.92 Å². The van der Waals surface area contributed by atoms with Crippen molar-refractivity contribution >= 4 is 29.0 Å². The van der Waals surface area contributed by atoms with Crippen LogP contribution in [0.5, 0.6) is 0 Å². The molecule has 1 aromatic rings. The molecule has 1 rings (SSSR count). The molecule has 0 saturated carbocycles. The average molecular weight is 203 g/mol. The Morgan fingerprint density at radius 1 is 1.67 bits per heavy atom. The lowest BCUT2D eigenvalue weighted by Crippen LogP contribution is -2.22. The molecule has 0 saturated heterocycles. The maximum atomic E-state index is 10.7. The summed E-state index contributed by atoms with van der Waals surface area (Å²) in [5.41, 5.74) is 5.09. The Morgan fingerprint density at radius 3 is 2.75 bits per heavy atom. The largest absolute Gasteiger partial charge is 0.369 e. The molecule has 0 unspecified atom stereocenters. The number of amides is 1. The third-order valence-corrected chi connectivity index (χ3v) is 3.23. The van der Waals surface area contributed by atoms with Crippen LogP contribution in [-0.4, -0.2) is 21.4 Å². The Kier molecular flexibility index (Phi) is 3.05. The Labute approximate surface area is 78.6 Å². The van der Waals surface area contributed by atoms with Crippen molar-refractivity contribution in [3.8, 4) is 0 Å². The smallest absolute Gasteiger partial charge is 0.230 e. The van der Waals surface area contributed by atoms with Crippen LogP contribution in [0.1, 0.15) is 11.9 Å². The SMILES string of the molecule is Cc1nnc(S[C@@H](C)C(N)=O)s1. The van der Waals surface area contributed by atoms with E-state index in [-0.39, 0.29) is 11.2 Å². The van der Waals surface area contributed by atoms with Gasteiger partial charge in [-0.05, 0) is 13.8 Å². The summed E-state index contributed by atoms with van der Waals surface area (Å²) in [5.74, 6) is -0.326. The Hall–Kier alpha value is -0.620. The summed E-state index contributed by atoms with van der Waals surface area (Å²) in [5, 5.41) is 8.35. The molecule has 0 bridgehead atoms. The number of nitrogens with two attached hydrogens (primary N) is 1. The normalized spacial score (nSPS) is 12.8. The van der Waals surface area contributed by atoms with Crippen LogP contribution in [0.2, 0.25) is 0 Å². The number of aryl methyl sites for hydroxylation is 1. The number of nitrogens with zero attached hydrogens (tertiary/aromatic N) is 2. The first-order valence-electron chi connectivity index (χ1n) is 3.35. The summed E-state index contributed by atoms with van der Waals surface area (Å²) in [7, 11) is 0. The molecule has 0 radical (unpaired) electrons. The van der Waals surface area contributed by atoms with E-state index in [9.17, 15) is 4.79 Å². The fourth-order valence-corrected chi connectivity index (χ4v) is 2.45. The highest BCUT2D eigenvalue weighted by Crippen LogP contribution is 2.25. The van der Waals surface area contributed by atoms with Crippen LogP contribution >= 0.6 is 23.1 Å². The third kappa shape index (κ3) is 2.46. The molecular formula is C6H9N3OS2. The molecule has 0 spiro atoms. The molecule has 6 heteroatoms. The number of hydrogen-bond acceptors (Lipinski definition) is 5. The molecule has 1 atom stereocenters. The maximum absolute atomic E-state index is 10.7. The van der Waals surface area contributed by atoms with Gasteiger partial charge >= 0.3 is 0 Å². The van der Waals surface area contributed by atoms with Gasteiger partial charge in [-0.3, -0.25) is 4.79 Å². The van der Waals surface area contributed by atoms with Crippen molar-refractivity contribution in [1.82, 2.24) is 10.2 Å². The van der Waals surface area contributed by atoms with Gasteiger partial charge in [0.25, 0.3) is 0 Å². The van der Waals surface area contributed by atoms with Gasteiger partial charge in [-0.2, -0.15) is 0 Å². The van der Waals surface area contributed by atoms with Crippen LogP contribution in [-0.2, 0) is 4.79 Å². The molecule has 12 heavy (non-hydrogen) atoms. The lowest BCUT2D eigenvalue weighted by Gasteiger charge is -2.01. The Balaban J connectivity index is 2.58. The zero-order valence-electron chi connectivity index (χ0n) is 6.77. The third-order valence-electron chi connectivity index (χ3n) is 1.19. The summed E-state index contributed by atoms with van der Waals surface area (Å²) in [4.78, 5) is 10.7. The Bertz CT molecular complexity index is 286. The zero-order chi connectivity index (χ0) is 9.14. The van der Waals surface area contributed by atoms with Crippen molar-refractivity contribution in [1.29, 1.82) is 0 Å². The summed E-state index contributed by atoms with van der Waals surface area (Å²) >= 11 is 2.81.